The number of anilines is 2. The van der Waals surface area contributed by atoms with Gasteiger partial charge in [0.1, 0.15) is 5.60 Å². The average Bonchev–Trinajstić information content (AvgIpc) is 3.34. The number of nitrogen functional groups attached to an aromatic ring is 1. The minimum atomic E-state index is -0.780. The summed E-state index contributed by atoms with van der Waals surface area (Å²) in [5, 5.41) is 14.6. The molecule has 2 aromatic rings. The zero-order valence-electron chi connectivity index (χ0n) is 23.0. The fraction of sp³-hybridized carbons (Fsp3) is 0.577. The Balaban J connectivity index is 2.03. The third-order valence-corrected chi connectivity index (χ3v) is 5.98. The van der Waals surface area contributed by atoms with Gasteiger partial charge in [-0.25, -0.2) is 9.80 Å². The normalized spacial score (nSPS) is 13.8. The number of carbonyl (C=O) groups is 1. The molecule has 208 valence electrons. The Morgan fingerprint density at radius 3 is 2.53 bits per heavy atom. The first-order valence-electron chi connectivity index (χ1n) is 13.0. The van der Waals surface area contributed by atoms with Crippen LogP contribution in [0.1, 0.15) is 64.5 Å². The lowest BCUT2D eigenvalue weighted by Gasteiger charge is -2.34. The van der Waals surface area contributed by atoms with Crippen LogP contribution in [0.2, 0.25) is 0 Å². The minimum absolute atomic E-state index is 0.0925. The zero-order valence-corrected chi connectivity index (χ0v) is 23.0. The van der Waals surface area contributed by atoms with Gasteiger partial charge in [-0.3, -0.25) is 20.0 Å². The number of ether oxygens (including phenoxy) is 2. The maximum atomic E-state index is 13.1. The number of carbonyl (C=O) groups excluding carboxylic acids is 1. The van der Waals surface area contributed by atoms with Crippen LogP contribution in [0, 0.1) is 10.1 Å². The summed E-state index contributed by atoms with van der Waals surface area (Å²) in [6, 6.07) is 7.83. The Labute approximate surface area is 223 Å². The number of hydrogen-bond donors (Lipinski definition) is 1. The van der Waals surface area contributed by atoms with Crippen LogP contribution in [0.3, 0.4) is 0 Å². The molecule has 1 aliphatic heterocycles. The molecular formula is C26H39N7O5. The summed E-state index contributed by atoms with van der Waals surface area (Å²) >= 11 is 0. The topological polar surface area (TPSA) is 140 Å². The number of nitro groups is 1. The first-order valence-corrected chi connectivity index (χ1v) is 13.0. The Kier molecular flexibility index (Phi) is 9.67. The molecule has 0 aliphatic carbocycles. The van der Waals surface area contributed by atoms with Gasteiger partial charge in [0.15, 0.2) is 0 Å². The number of nitrogens with two attached hydrogens (primary N) is 1. The lowest BCUT2D eigenvalue weighted by Crippen LogP contribution is -2.46. The van der Waals surface area contributed by atoms with E-state index in [2.05, 4.69) is 20.9 Å². The largest absolute Gasteiger partial charge is 0.463 e. The second-order valence-electron chi connectivity index (χ2n) is 10.4. The van der Waals surface area contributed by atoms with E-state index >= 15 is 0 Å². The van der Waals surface area contributed by atoms with Crippen LogP contribution in [0.25, 0.3) is 0 Å². The monoisotopic (exact) mass is 529 g/mol. The van der Waals surface area contributed by atoms with Gasteiger partial charge in [0.05, 0.1) is 18.1 Å². The number of benzene rings is 1. The van der Waals surface area contributed by atoms with Gasteiger partial charge in [-0.05, 0) is 64.3 Å². The molecule has 0 unspecified atom stereocenters. The van der Waals surface area contributed by atoms with Crippen molar-refractivity contribution < 1.29 is 19.2 Å². The van der Waals surface area contributed by atoms with E-state index in [9.17, 15) is 14.9 Å². The summed E-state index contributed by atoms with van der Waals surface area (Å²) in [7, 11) is 1.47. The van der Waals surface area contributed by atoms with Crippen molar-refractivity contribution in [2.75, 3.05) is 37.5 Å². The molecule has 12 heteroatoms. The lowest BCUT2D eigenvalue weighted by molar-refractivity contribution is -0.383. The maximum absolute atomic E-state index is 13.1. The summed E-state index contributed by atoms with van der Waals surface area (Å²) in [6.07, 6.45) is 3.31. The molecule has 1 aromatic carbocycles. The molecule has 0 atom stereocenters. The summed E-state index contributed by atoms with van der Waals surface area (Å²) < 4.78 is 11.2. The van der Waals surface area contributed by atoms with Gasteiger partial charge in [-0.15, -0.1) is 0 Å². The van der Waals surface area contributed by atoms with Gasteiger partial charge in [-0.2, -0.15) is 9.97 Å². The SMILES string of the molecule is CCCCOc1nc(N)c([N+](=O)[O-])c(N(Cc2cccc(CN3CCCC3)c2)N(C)C(=O)OC(C)(C)C)n1. The van der Waals surface area contributed by atoms with Crippen molar-refractivity contribution in [3.05, 3.63) is 45.5 Å². The Morgan fingerprint density at radius 2 is 1.89 bits per heavy atom. The highest BCUT2D eigenvalue weighted by Gasteiger charge is 2.33. The summed E-state index contributed by atoms with van der Waals surface area (Å²) in [6.45, 7) is 10.6. The molecule has 2 heterocycles. The first kappa shape index (κ1) is 28.9. The van der Waals surface area contributed by atoms with Crippen LogP contribution in [-0.2, 0) is 17.8 Å². The van der Waals surface area contributed by atoms with Crippen molar-refractivity contribution in [2.45, 2.75) is 72.1 Å². The number of likely N-dealkylation sites (tertiary alicyclic amines) is 1. The van der Waals surface area contributed by atoms with Crippen molar-refractivity contribution in [1.82, 2.24) is 19.9 Å². The van der Waals surface area contributed by atoms with Gasteiger partial charge in [0.2, 0.25) is 11.6 Å². The lowest BCUT2D eigenvalue weighted by atomic mass is 10.1. The van der Waals surface area contributed by atoms with Gasteiger partial charge < -0.3 is 15.2 Å². The Bertz CT molecular complexity index is 1120. The molecule has 1 fully saturated rings. The molecule has 12 nitrogen and oxygen atoms in total. The molecule has 1 aliphatic rings. The van der Waals surface area contributed by atoms with E-state index in [4.69, 9.17) is 15.2 Å². The number of aromatic nitrogens is 2. The second kappa shape index (κ2) is 12.7. The second-order valence-corrected chi connectivity index (χ2v) is 10.4. The van der Waals surface area contributed by atoms with E-state index in [-0.39, 0.29) is 24.2 Å². The van der Waals surface area contributed by atoms with Crippen LogP contribution < -0.4 is 15.5 Å². The van der Waals surface area contributed by atoms with E-state index < -0.39 is 22.3 Å². The highest BCUT2D eigenvalue weighted by molar-refractivity contribution is 5.75. The van der Waals surface area contributed by atoms with Crippen molar-refractivity contribution in [1.29, 1.82) is 0 Å². The maximum Gasteiger partial charge on any atom is 0.429 e. The van der Waals surface area contributed by atoms with Crippen molar-refractivity contribution in [3.8, 4) is 6.01 Å². The highest BCUT2D eigenvalue weighted by Crippen LogP contribution is 2.34. The van der Waals surface area contributed by atoms with Crippen LogP contribution >= 0.6 is 0 Å². The van der Waals surface area contributed by atoms with Gasteiger partial charge in [-0.1, -0.05) is 37.6 Å². The van der Waals surface area contributed by atoms with Crippen molar-refractivity contribution in [3.63, 3.8) is 0 Å². The molecule has 1 aromatic heterocycles. The number of rotatable bonds is 11. The van der Waals surface area contributed by atoms with E-state index in [0.717, 1.165) is 43.6 Å². The molecule has 0 radical (unpaired) electrons. The predicted molar refractivity (Wildman–Crippen MR) is 145 cm³/mol. The highest BCUT2D eigenvalue weighted by atomic mass is 16.6. The van der Waals surface area contributed by atoms with Crippen molar-refractivity contribution >= 4 is 23.4 Å². The fourth-order valence-electron chi connectivity index (χ4n) is 4.11. The number of hydrazine groups is 1. The summed E-state index contributed by atoms with van der Waals surface area (Å²) in [5.41, 5.74) is 6.66. The van der Waals surface area contributed by atoms with E-state index in [1.165, 1.54) is 29.9 Å². The van der Waals surface area contributed by atoms with E-state index in [1.807, 2.05) is 25.1 Å². The zero-order chi connectivity index (χ0) is 27.9. The molecule has 1 saturated heterocycles. The molecule has 0 spiro atoms. The number of nitrogens with zero attached hydrogens (tertiary/aromatic N) is 6. The molecule has 0 saturated carbocycles. The minimum Gasteiger partial charge on any atom is -0.463 e. The number of amides is 1. The number of unbranched alkanes of at least 4 members (excludes halogenated alkanes) is 1. The summed E-state index contributed by atoms with van der Waals surface area (Å²) in [5.74, 6) is -0.510. The van der Waals surface area contributed by atoms with Crippen molar-refractivity contribution in [2.24, 2.45) is 0 Å². The quantitative estimate of drug-likeness (QED) is 0.251. The predicted octanol–water partition coefficient (Wildman–Crippen LogP) is 4.53. The van der Waals surface area contributed by atoms with E-state index in [1.54, 1.807) is 20.8 Å². The molecule has 2 N–H and O–H groups in total. The van der Waals surface area contributed by atoms with E-state index in [0.29, 0.717) is 6.61 Å². The van der Waals surface area contributed by atoms with Crippen LogP contribution in [0.15, 0.2) is 24.3 Å². The molecular weight excluding hydrogens is 490 g/mol. The molecule has 38 heavy (non-hydrogen) atoms. The Hall–Kier alpha value is -3.67. The van der Waals surface area contributed by atoms with Gasteiger partial charge in [0.25, 0.3) is 0 Å². The van der Waals surface area contributed by atoms with Gasteiger partial charge in [0, 0.05) is 13.6 Å². The van der Waals surface area contributed by atoms with Crippen LogP contribution in [0.5, 0.6) is 6.01 Å². The summed E-state index contributed by atoms with van der Waals surface area (Å²) in [4.78, 5) is 35.2. The van der Waals surface area contributed by atoms with Crippen LogP contribution in [-0.4, -0.2) is 63.2 Å². The third kappa shape index (κ3) is 7.91. The molecule has 1 amide bonds. The number of hydrogen-bond acceptors (Lipinski definition) is 10. The standard InChI is InChI=1S/C26H39N7O5/c1-6-7-15-37-24-28-22(27)21(33(35)36)23(29-24)32(30(5)25(34)38-26(2,3)4)18-20-12-10-11-19(16-20)17-31-13-8-9-14-31/h10-12,16H,6-9,13-15,17-18H2,1-5H3,(H2,27,28,29). The first-order chi connectivity index (χ1) is 18.0. The molecule has 3 rings (SSSR count). The smallest absolute Gasteiger partial charge is 0.429 e. The Morgan fingerprint density at radius 1 is 1.21 bits per heavy atom. The fourth-order valence-corrected chi connectivity index (χ4v) is 4.11. The van der Waals surface area contributed by atoms with Crippen LogP contribution in [0.4, 0.5) is 22.1 Å². The third-order valence-electron chi connectivity index (χ3n) is 5.98. The average molecular weight is 530 g/mol. The van der Waals surface area contributed by atoms with Gasteiger partial charge >= 0.3 is 17.8 Å². The molecule has 0 bridgehead atoms.